The molecule has 1 aromatic carbocycles. The lowest BCUT2D eigenvalue weighted by Gasteiger charge is -2.42. The van der Waals surface area contributed by atoms with E-state index in [1.54, 1.807) is 12.1 Å². The second-order valence-corrected chi connectivity index (χ2v) is 28.9. The number of halogens is 1. The Morgan fingerprint density at radius 3 is 1.94 bits per heavy atom. The molecule has 0 unspecified atom stereocenters. The van der Waals surface area contributed by atoms with Crippen molar-refractivity contribution in [3.8, 4) is 11.3 Å². The minimum atomic E-state index is -3.71. The molecule has 2 aromatic rings. The van der Waals surface area contributed by atoms with Gasteiger partial charge in [-0.25, -0.2) is 31.9 Å². The number of amides is 2. The summed E-state index contributed by atoms with van der Waals surface area (Å²) in [5, 5.41) is 0.147. The minimum Gasteiger partial charge on any atom is -0.413 e. The summed E-state index contributed by atoms with van der Waals surface area (Å²) in [6.45, 7) is 24.9. The van der Waals surface area contributed by atoms with Crippen LogP contribution in [0.1, 0.15) is 98.2 Å². The van der Waals surface area contributed by atoms with E-state index in [1.165, 1.54) is 19.2 Å². The van der Waals surface area contributed by atoms with Crippen molar-refractivity contribution in [1.29, 1.82) is 0 Å². The molecule has 3 rings (SSSR count). The molecule has 1 aliphatic rings. The van der Waals surface area contributed by atoms with Crippen molar-refractivity contribution in [2.24, 2.45) is 0 Å². The highest BCUT2D eigenvalue weighted by molar-refractivity contribution is 7.92. The second kappa shape index (κ2) is 16.8. The highest BCUT2D eigenvalue weighted by Gasteiger charge is 2.43. The average molecular weight is 807 g/mol. The fraction of sp³-hybridized carbons (Fsp3) is 0.605. The third-order valence-corrected chi connectivity index (χ3v) is 20.7. The Hall–Kier alpha value is -3.32. The highest BCUT2D eigenvalue weighted by atomic mass is 32.2. The van der Waals surface area contributed by atoms with Gasteiger partial charge in [0.25, 0.3) is 11.8 Å². The molecule has 16 heteroatoms. The quantitative estimate of drug-likeness (QED) is 0.128. The molecule has 12 nitrogen and oxygen atoms in total. The number of aromatic nitrogens is 2. The Morgan fingerprint density at radius 2 is 1.46 bits per heavy atom. The largest absolute Gasteiger partial charge is 0.413 e. The summed E-state index contributed by atoms with van der Waals surface area (Å²) >= 11 is 0. The van der Waals surface area contributed by atoms with E-state index in [9.17, 15) is 27.2 Å². The van der Waals surface area contributed by atoms with Crippen molar-refractivity contribution in [1.82, 2.24) is 15.0 Å². The summed E-state index contributed by atoms with van der Waals surface area (Å²) in [7, 11) is -7.31. The molecular formula is C38H59FN4O8SSi2. The number of hydrogen-bond donors (Lipinski definition) is 0. The molecule has 2 heterocycles. The standard InChI is InChI=1S/C38H59FN4O8SSi2/c1-25(2)34-30(35(26-15-17-27(39)18-16-26)41-36(40-34)42(9)52(10,47)48)20-19-28(50-53(11,12)37(3,4)5)23-29(51-54(13,14)38(6,7)8)24-33(46)49-43-31(44)21-22-32(43)45/h15-20,25,28-29H,21-24H2,1-14H3/b20-19+/t28-,29-/m1/s1. The molecule has 1 aliphatic heterocycles. The minimum absolute atomic E-state index is 0.0171. The Bertz CT molecular complexity index is 1820. The predicted octanol–water partition coefficient (Wildman–Crippen LogP) is 7.98. The zero-order valence-corrected chi connectivity index (χ0v) is 37.2. The van der Waals surface area contributed by atoms with Crippen LogP contribution < -0.4 is 4.31 Å². The number of hydrogen-bond acceptors (Lipinski definition) is 10. The van der Waals surface area contributed by atoms with Crippen LogP contribution in [-0.2, 0) is 38.1 Å². The van der Waals surface area contributed by atoms with Gasteiger partial charge in [-0.05, 0) is 66.4 Å². The first-order valence-electron chi connectivity index (χ1n) is 18.3. The van der Waals surface area contributed by atoms with Crippen molar-refractivity contribution in [3.05, 3.63) is 47.4 Å². The van der Waals surface area contributed by atoms with Crippen molar-refractivity contribution in [2.45, 2.75) is 135 Å². The summed E-state index contributed by atoms with van der Waals surface area (Å²) in [6, 6.07) is 5.79. The molecule has 1 fully saturated rings. The van der Waals surface area contributed by atoms with Gasteiger partial charge in [0.05, 0.1) is 36.3 Å². The molecule has 2 atom stereocenters. The molecule has 1 saturated heterocycles. The summed E-state index contributed by atoms with van der Waals surface area (Å²) in [6.07, 6.45) is 3.44. The molecule has 0 bridgehead atoms. The summed E-state index contributed by atoms with van der Waals surface area (Å²) in [5.74, 6) is -2.54. The summed E-state index contributed by atoms with van der Waals surface area (Å²) in [4.78, 5) is 52.6. The normalized spacial score (nSPS) is 16.0. The third kappa shape index (κ3) is 11.4. The third-order valence-electron chi connectivity index (χ3n) is 10.5. The molecule has 1 aromatic heterocycles. The van der Waals surface area contributed by atoms with E-state index >= 15 is 0 Å². The van der Waals surface area contributed by atoms with Gasteiger partial charge in [-0.2, -0.15) is 0 Å². The molecule has 54 heavy (non-hydrogen) atoms. The Labute approximate surface area is 323 Å². The maximum Gasteiger partial charge on any atom is 0.335 e. The van der Waals surface area contributed by atoms with Crippen LogP contribution in [0.25, 0.3) is 17.3 Å². The number of carbonyl (C=O) groups is 3. The van der Waals surface area contributed by atoms with Crippen LogP contribution in [0, 0.1) is 5.82 Å². The van der Waals surface area contributed by atoms with E-state index in [1.807, 2.05) is 26.0 Å². The highest BCUT2D eigenvalue weighted by Crippen LogP contribution is 2.41. The number of rotatable bonds is 15. The monoisotopic (exact) mass is 806 g/mol. The maximum absolute atomic E-state index is 14.1. The van der Waals surface area contributed by atoms with Crippen LogP contribution in [0.4, 0.5) is 10.3 Å². The second-order valence-electron chi connectivity index (χ2n) is 17.3. The van der Waals surface area contributed by atoms with Gasteiger partial charge in [-0.15, -0.1) is 5.06 Å². The van der Waals surface area contributed by atoms with Gasteiger partial charge in [0.15, 0.2) is 16.6 Å². The smallest absolute Gasteiger partial charge is 0.335 e. The first-order valence-corrected chi connectivity index (χ1v) is 25.9. The van der Waals surface area contributed by atoms with Crippen molar-refractivity contribution < 1.29 is 40.9 Å². The van der Waals surface area contributed by atoms with Gasteiger partial charge in [0.1, 0.15) is 5.82 Å². The van der Waals surface area contributed by atoms with Gasteiger partial charge in [-0.1, -0.05) is 67.5 Å². The molecular weight excluding hydrogens is 748 g/mol. The molecule has 2 amide bonds. The molecule has 0 radical (unpaired) electrons. The van der Waals surface area contributed by atoms with Crippen LogP contribution in [0.15, 0.2) is 30.3 Å². The first kappa shape index (κ1) is 45.1. The van der Waals surface area contributed by atoms with Crippen LogP contribution in [0.2, 0.25) is 36.3 Å². The number of nitrogens with zero attached hydrogens (tertiary/aromatic N) is 4. The van der Waals surface area contributed by atoms with E-state index in [-0.39, 0.29) is 47.6 Å². The Balaban J connectivity index is 2.21. The number of sulfonamides is 1. The SMILES string of the molecule is CC(C)c1nc(N(C)S(C)(=O)=O)nc(-c2ccc(F)cc2)c1/C=C/[C@H](C[C@H](CC(=O)ON1C(=O)CCC1=O)O[Si](C)(C)C(C)(C)C)O[Si](C)(C)C(C)(C)C. The lowest BCUT2D eigenvalue weighted by Crippen LogP contribution is -2.47. The van der Waals surface area contributed by atoms with Gasteiger partial charge in [0, 0.05) is 37.4 Å². The first-order chi connectivity index (χ1) is 24.5. The molecule has 0 saturated carbocycles. The number of hydroxylamine groups is 2. The Kier molecular flexibility index (Phi) is 14.0. The molecule has 0 spiro atoms. The molecule has 300 valence electrons. The van der Waals surface area contributed by atoms with E-state index in [2.05, 4.69) is 67.7 Å². The fourth-order valence-electron chi connectivity index (χ4n) is 5.13. The van der Waals surface area contributed by atoms with E-state index in [0.717, 1.165) is 10.6 Å². The Morgan fingerprint density at radius 1 is 0.944 bits per heavy atom. The number of carbonyl (C=O) groups excluding carboxylic acids is 3. The maximum atomic E-state index is 14.1. The van der Waals surface area contributed by atoms with Crippen LogP contribution >= 0.6 is 0 Å². The van der Waals surface area contributed by atoms with Crippen molar-refractivity contribution in [2.75, 3.05) is 17.6 Å². The number of anilines is 1. The summed E-state index contributed by atoms with van der Waals surface area (Å²) < 4.78 is 54.1. The number of benzene rings is 1. The van der Waals surface area contributed by atoms with Gasteiger partial charge >= 0.3 is 5.97 Å². The van der Waals surface area contributed by atoms with E-state index in [0.29, 0.717) is 27.6 Å². The van der Waals surface area contributed by atoms with E-state index in [4.69, 9.17) is 23.7 Å². The topological polar surface area (TPSA) is 145 Å². The van der Waals surface area contributed by atoms with Gasteiger partial charge < -0.3 is 13.7 Å². The van der Waals surface area contributed by atoms with Crippen LogP contribution in [0.3, 0.4) is 0 Å². The zero-order valence-electron chi connectivity index (χ0n) is 34.4. The number of imide groups is 1. The molecule has 0 N–H and O–H groups in total. The fourth-order valence-corrected chi connectivity index (χ4v) is 8.16. The molecule has 0 aliphatic carbocycles. The van der Waals surface area contributed by atoms with Gasteiger partial charge in [-0.3, -0.25) is 9.59 Å². The van der Waals surface area contributed by atoms with Crippen molar-refractivity contribution in [3.63, 3.8) is 0 Å². The zero-order chi connectivity index (χ0) is 41.2. The van der Waals surface area contributed by atoms with Crippen LogP contribution in [0.5, 0.6) is 0 Å². The lowest BCUT2D eigenvalue weighted by molar-refractivity contribution is -0.198. The van der Waals surface area contributed by atoms with E-state index < -0.39 is 62.5 Å². The predicted molar refractivity (Wildman–Crippen MR) is 214 cm³/mol. The summed E-state index contributed by atoms with van der Waals surface area (Å²) in [5.41, 5.74) is 2.12. The lowest BCUT2D eigenvalue weighted by atomic mass is 9.97. The van der Waals surface area contributed by atoms with Crippen molar-refractivity contribution >= 4 is 56.5 Å². The van der Waals surface area contributed by atoms with Crippen LogP contribution in [-0.4, -0.2) is 83.4 Å². The van der Waals surface area contributed by atoms with Gasteiger partial charge in [0.2, 0.25) is 16.0 Å². The average Bonchev–Trinajstić information content (AvgIpc) is 3.33.